The van der Waals surface area contributed by atoms with Crippen LogP contribution in [0.3, 0.4) is 0 Å². The van der Waals surface area contributed by atoms with Crippen LogP contribution in [-0.2, 0) is 13.5 Å². The highest BCUT2D eigenvalue weighted by molar-refractivity contribution is 7.09. The molecule has 0 spiro atoms. The van der Waals surface area contributed by atoms with Gasteiger partial charge >= 0.3 is 0 Å². The molecule has 0 aliphatic heterocycles. The lowest BCUT2D eigenvalue weighted by molar-refractivity contribution is 0.0924. The van der Waals surface area contributed by atoms with Crippen LogP contribution in [0.15, 0.2) is 36.0 Å². The summed E-state index contributed by atoms with van der Waals surface area (Å²) in [5.74, 6) is 0.182. The summed E-state index contributed by atoms with van der Waals surface area (Å²) in [5.41, 5.74) is 0.790. The molecule has 0 amide bonds. The SMILES string of the molecule is CC(Cc1cccs1)N(C)CC(=O)c1ccn(C)c1. The molecule has 2 rings (SSSR count). The molecule has 19 heavy (non-hydrogen) atoms. The maximum atomic E-state index is 12.1. The molecule has 0 aliphatic rings. The molecule has 0 N–H and O–H groups in total. The van der Waals surface area contributed by atoms with Crippen molar-refractivity contribution in [2.45, 2.75) is 19.4 Å². The van der Waals surface area contributed by atoms with Crippen molar-refractivity contribution >= 4 is 17.1 Å². The van der Waals surface area contributed by atoms with E-state index in [2.05, 4.69) is 29.3 Å². The number of aryl methyl sites for hydroxylation is 1. The molecule has 0 saturated carbocycles. The van der Waals surface area contributed by atoms with Crippen molar-refractivity contribution in [3.63, 3.8) is 0 Å². The fourth-order valence-corrected chi connectivity index (χ4v) is 2.84. The van der Waals surface area contributed by atoms with Crippen molar-refractivity contribution in [3.8, 4) is 0 Å². The number of thiophene rings is 1. The van der Waals surface area contributed by atoms with Gasteiger partial charge in [0.05, 0.1) is 6.54 Å². The van der Waals surface area contributed by atoms with Gasteiger partial charge in [0, 0.05) is 35.9 Å². The molecular weight excluding hydrogens is 256 g/mol. The van der Waals surface area contributed by atoms with Gasteiger partial charge in [-0.2, -0.15) is 0 Å². The molecule has 0 aromatic carbocycles. The normalized spacial score (nSPS) is 12.8. The Balaban J connectivity index is 1.89. The fraction of sp³-hybridized carbons (Fsp3) is 0.400. The highest BCUT2D eigenvalue weighted by Crippen LogP contribution is 2.14. The molecule has 2 aromatic heterocycles. The Morgan fingerprint density at radius 2 is 2.26 bits per heavy atom. The van der Waals surface area contributed by atoms with Gasteiger partial charge in [0.1, 0.15) is 0 Å². The van der Waals surface area contributed by atoms with E-state index in [1.165, 1.54) is 4.88 Å². The van der Waals surface area contributed by atoms with Crippen LogP contribution in [0.1, 0.15) is 22.2 Å². The highest BCUT2D eigenvalue weighted by atomic mass is 32.1. The summed E-state index contributed by atoms with van der Waals surface area (Å²) in [6, 6.07) is 6.46. The maximum absolute atomic E-state index is 12.1. The number of ketones is 1. The number of Topliss-reactive ketones (excluding diaryl/α,β-unsaturated/α-hetero) is 1. The van der Waals surface area contributed by atoms with Gasteiger partial charge in [-0.25, -0.2) is 0 Å². The molecule has 0 aliphatic carbocycles. The first-order chi connectivity index (χ1) is 9.06. The second-order valence-corrected chi connectivity index (χ2v) is 6.07. The Kier molecular flexibility index (Phi) is 4.56. The molecule has 0 saturated heterocycles. The van der Waals surface area contributed by atoms with Crippen LogP contribution in [0.2, 0.25) is 0 Å². The third-order valence-corrected chi connectivity index (χ3v) is 4.27. The van der Waals surface area contributed by atoms with Gasteiger partial charge in [0.15, 0.2) is 5.78 Å². The van der Waals surface area contributed by atoms with Crippen LogP contribution in [0, 0.1) is 0 Å². The average molecular weight is 276 g/mol. The fourth-order valence-electron chi connectivity index (χ4n) is 2.02. The van der Waals surface area contributed by atoms with Crippen molar-refractivity contribution in [1.29, 1.82) is 0 Å². The molecule has 1 atom stereocenters. The van der Waals surface area contributed by atoms with Crippen molar-refractivity contribution in [1.82, 2.24) is 9.47 Å². The van der Waals surface area contributed by atoms with Crippen molar-refractivity contribution in [3.05, 3.63) is 46.4 Å². The summed E-state index contributed by atoms with van der Waals surface area (Å²) in [6.07, 6.45) is 4.78. The quantitative estimate of drug-likeness (QED) is 0.758. The molecular formula is C15H20N2OS. The number of aromatic nitrogens is 1. The largest absolute Gasteiger partial charge is 0.357 e. The lowest BCUT2D eigenvalue weighted by Gasteiger charge is -2.23. The Morgan fingerprint density at radius 3 is 2.84 bits per heavy atom. The predicted octanol–water partition coefficient (Wildman–Crippen LogP) is 2.83. The van der Waals surface area contributed by atoms with E-state index in [-0.39, 0.29) is 5.78 Å². The van der Waals surface area contributed by atoms with Crippen LogP contribution < -0.4 is 0 Å². The molecule has 3 nitrogen and oxygen atoms in total. The van der Waals surface area contributed by atoms with Crippen LogP contribution >= 0.6 is 11.3 Å². The highest BCUT2D eigenvalue weighted by Gasteiger charge is 2.15. The first-order valence-electron chi connectivity index (χ1n) is 6.44. The lowest BCUT2D eigenvalue weighted by Crippen LogP contribution is -2.35. The van der Waals surface area contributed by atoms with Crippen molar-refractivity contribution in [2.24, 2.45) is 7.05 Å². The van der Waals surface area contributed by atoms with Crippen LogP contribution in [0.4, 0.5) is 0 Å². The summed E-state index contributed by atoms with van der Waals surface area (Å²) in [5, 5.41) is 2.09. The Hall–Kier alpha value is -1.39. The van der Waals surface area contributed by atoms with Gasteiger partial charge in [0.2, 0.25) is 0 Å². The number of hydrogen-bond acceptors (Lipinski definition) is 3. The van der Waals surface area contributed by atoms with Gasteiger partial charge in [-0.05, 0) is 37.9 Å². The number of nitrogens with zero attached hydrogens (tertiary/aromatic N) is 2. The van der Waals surface area contributed by atoms with Gasteiger partial charge < -0.3 is 4.57 Å². The Morgan fingerprint density at radius 1 is 1.47 bits per heavy atom. The summed E-state index contributed by atoms with van der Waals surface area (Å²) >= 11 is 1.77. The third-order valence-electron chi connectivity index (χ3n) is 3.38. The van der Waals surface area contributed by atoms with E-state index >= 15 is 0 Å². The lowest BCUT2D eigenvalue weighted by atomic mass is 10.1. The summed E-state index contributed by atoms with van der Waals surface area (Å²) in [4.78, 5) is 15.6. The minimum absolute atomic E-state index is 0.182. The molecule has 0 radical (unpaired) electrons. The number of likely N-dealkylation sites (N-methyl/N-ethyl adjacent to an activating group) is 1. The number of carbonyl (C=O) groups is 1. The summed E-state index contributed by atoms with van der Waals surface area (Å²) in [6.45, 7) is 2.63. The van der Waals surface area contributed by atoms with Gasteiger partial charge in [-0.15, -0.1) is 11.3 Å². The van der Waals surface area contributed by atoms with Crippen molar-refractivity contribution < 1.29 is 4.79 Å². The standard InChI is InChI=1S/C15H20N2OS/c1-12(9-14-5-4-8-19-14)17(3)11-15(18)13-6-7-16(2)10-13/h4-8,10,12H,9,11H2,1-3H3. The Bertz CT molecular complexity index is 530. The van der Waals surface area contributed by atoms with E-state index in [1.807, 2.05) is 37.1 Å². The average Bonchev–Trinajstić information content (AvgIpc) is 3.00. The molecule has 102 valence electrons. The van der Waals surface area contributed by atoms with E-state index < -0.39 is 0 Å². The molecule has 2 heterocycles. The minimum atomic E-state index is 0.182. The number of rotatable bonds is 6. The third kappa shape index (κ3) is 3.78. The minimum Gasteiger partial charge on any atom is -0.357 e. The van der Waals surface area contributed by atoms with Gasteiger partial charge in [-0.1, -0.05) is 6.07 Å². The molecule has 1 unspecified atom stereocenters. The smallest absolute Gasteiger partial charge is 0.178 e. The monoisotopic (exact) mass is 276 g/mol. The van der Waals surface area contributed by atoms with E-state index in [1.54, 1.807) is 11.3 Å². The molecule has 0 bridgehead atoms. The topological polar surface area (TPSA) is 25.2 Å². The summed E-state index contributed by atoms with van der Waals surface area (Å²) in [7, 11) is 3.94. The van der Waals surface area contributed by atoms with E-state index in [0.717, 1.165) is 12.0 Å². The van der Waals surface area contributed by atoms with E-state index in [9.17, 15) is 4.79 Å². The van der Waals surface area contributed by atoms with Crippen LogP contribution in [-0.4, -0.2) is 34.9 Å². The zero-order valence-electron chi connectivity index (χ0n) is 11.7. The maximum Gasteiger partial charge on any atom is 0.178 e. The molecule has 0 fully saturated rings. The second-order valence-electron chi connectivity index (χ2n) is 5.04. The number of hydrogen-bond donors (Lipinski definition) is 0. The zero-order valence-corrected chi connectivity index (χ0v) is 12.5. The van der Waals surface area contributed by atoms with E-state index in [0.29, 0.717) is 12.6 Å². The first kappa shape index (κ1) is 14.0. The first-order valence-corrected chi connectivity index (χ1v) is 7.32. The zero-order chi connectivity index (χ0) is 13.8. The van der Waals surface area contributed by atoms with Gasteiger partial charge in [-0.3, -0.25) is 9.69 Å². The second kappa shape index (κ2) is 6.17. The van der Waals surface area contributed by atoms with Crippen LogP contribution in [0.25, 0.3) is 0 Å². The Labute approximate surface area is 118 Å². The van der Waals surface area contributed by atoms with Crippen molar-refractivity contribution in [2.75, 3.05) is 13.6 Å². The predicted molar refractivity (Wildman–Crippen MR) is 79.9 cm³/mol. The summed E-state index contributed by atoms with van der Waals surface area (Å²) < 4.78 is 1.91. The van der Waals surface area contributed by atoms with Crippen LogP contribution in [0.5, 0.6) is 0 Å². The molecule has 2 aromatic rings. The van der Waals surface area contributed by atoms with Gasteiger partial charge in [0.25, 0.3) is 0 Å². The molecule has 4 heteroatoms. The van der Waals surface area contributed by atoms with E-state index in [4.69, 9.17) is 0 Å². The number of carbonyl (C=O) groups excluding carboxylic acids is 1.